The number of anilines is 2. The molecule has 3 rings (SSSR count). The maximum absolute atomic E-state index is 12.2. The van der Waals surface area contributed by atoms with Crippen molar-refractivity contribution in [2.45, 2.75) is 0 Å². The zero-order valence-corrected chi connectivity index (χ0v) is 11.8. The Morgan fingerprint density at radius 3 is 2.67 bits per heavy atom. The van der Waals surface area contributed by atoms with Crippen LogP contribution in [0.1, 0.15) is 10.4 Å². The van der Waals surface area contributed by atoms with Gasteiger partial charge in [0.25, 0.3) is 5.91 Å². The smallest absolute Gasteiger partial charge is 0.257 e. The van der Waals surface area contributed by atoms with E-state index in [1.54, 1.807) is 23.5 Å². The summed E-state index contributed by atoms with van der Waals surface area (Å²) in [5, 5.41) is 2.79. The third-order valence-corrected chi connectivity index (χ3v) is 3.06. The number of nitrogens with one attached hydrogen (secondary N) is 1. The molecular weight excluding hydrogens is 266 g/mol. The van der Waals surface area contributed by atoms with Crippen LogP contribution in [0.5, 0.6) is 0 Å². The molecule has 0 saturated carbocycles. The second-order valence-electron chi connectivity index (χ2n) is 4.88. The lowest BCUT2D eigenvalue weighted by molar-refractivity contribution is 0.102. The van der Waals surface area contributed by atoms with Gasteiger partial charge >= 0.3 is 0 Å². The molecule has 0 spiro atoms. The van der Waals surface area contributed by atoms with Crippen LogP contribution in [0.4, 0.5) is 11.6 Å². The quantitative estimate of drug-likeness (QED) is 0.798. The number of hydrogen-bond acceptors (Lipinski definition) is 4. The van der Waals surface area contributed by atoms with E-state index in [9.17, 15) is 4.79 Å². The zero-order valence-electron chi connectivity index (χ0n) is 11.8. The van der Waals surface area contributed by atoms with Crippen LogP contribution in [0.15, 0.2) is 49.1 Å². The molecule has 6 nitrogen and oxygen atoms in total. The lowest BCUT2D eigenvalue weighted by Gasteiger charge is -2.09. The van der Waals surface area contributed by atoms with Crippen LogP contribution >= 0.6 is 0 Å². The molecule has 0 aliphatic heterocycles. The van der Waals surface area contributed by atoms with E-state index >= 15 is 0 Å². The van der Waals surface area contributed by atoms with E-state index in [0.717, 1.165) is 5.52 Å². The Kier molecular flexibility index (Phi) is 3.27. The summed E-state index contributed by atoms with van der Waals surface area (Å²) in [4.78, 5) is 22.3. The molecule has 1 N–H and O–H groups in total. The lowest BCUT2D eigenvalue weighted by Crippen LogP contribution is -2.14. The highest BCUT2D eigenvalue weighted by Crippen LogP contribution is 2.13. The number of carbonyl (C=O) groups excluding carboxylic acids is 1. The minimum absolute atomic E-state index is 0.181. The van der Waals surface area contributed by atoms with Crippen LogP contribution in [0.2, 0.25) is 0 Å². The fourth-order valence-corrected chi connectivity index (χ4v) is 2.00. The summed E-state index contributed by atoms with van der Waals surface area (Å²) in [6.45, 7) is 0. The van der Waals surface area contributed by atoms with Gasteiger partial charge in [0.1, 0.15) is 0 Å². The molecule has 21 heavy (non-hydrogen) atoms. The van der Waals surface area contributed by atoms with Gasteiger partial charge in [-0.25, -0.2) is 9.97 Å². The minimum Gasteiger partial charge on any atom is -0.347 e. The van der Waals surface area contributed by atoms with Gasteiger partial charge in [-0.15, -0.1) is 0 Å². The van der Waals surface area contributed by atoms with Gasteiger partial charge in [-0.1, -0.05) is 6.07 Å². The molecular formula is C15H15N5O. The Hall–Kier alpha value is -2.89. The number of carbonyl (C=O) groups is 1. The fraction of sp³-hybridized carbons (Fsp3) is 0.133. The first-order valence-electron chi connectivity index (χ1n) is 6.51. The van der Waals surface area contributed by atoms with Crippen molar-refractivity contribution in [2.24, 2.45) is 0 Å². The van der Waals surface area contributed by atoms with Crippen LogP contribution < -0.4 is 10.2 Å². The Morgan fingerprint density at radius 2 is 2.00 bits per heavy atom. The number of aromatic nitrogens is 3. The van der Waals surface area contributed by atoms with Gasteiger partial charge < -0.3 is 14.6 Å². The predicted octanol–water partition coefficient (Wildman–Crippen LogP) is 2.05. The molecule has 0 radical (unpaired) electrons. The van der Waals surface area contributed by atoms with E-state index in [4.69, 9.17) is 0 Å². The first kappa shape index (κ1) is 13.1. The van der Waals surface area contributed by atoms with Gasteiger partial charge in [0.05, 0.1) is 23.6 Å². The van der Waals surface area contributed by atoms with Crippen molar-refractivity contribution in [3.8, 4) is 0 Å². The van der Waals surface area contributed by atoms with Crippen LogP contribution in [-0.4, -0.2) is 34.4 Å². The molecule has 0 atom stereocenters. The van der Waals surface area contributed by atoms with Gasteiger partial charge in [-0.2, -0.15) is 0 Å². The van der Waals surface area contributed by atoms with Crippen molar-refractivity contribution >= 4 is 23.1 Å². The highest BCUT2D eigenvalue weighted by Gasteiger charge is 2.09. The second-order valence-corrected chi connectivity index (χ2v) is 4.88. The number of nitrogens with zero attached hydrogens (tertiary/aromatic N) is 4. The Bertz CT molecular complexity index is 743. The summed E-state index contributed by atoms with van der Waals surface area (Å²) >= 11 is 0. The van der Waals surface area contributed by atoms with E-state index in [-0.39, 0.29) is 5.91 Å². The maximum Gasteiger partial charge on any atom is 0.257 e. The molecule has 1 amide bonds. The predicted molar refractivity (Wildman–Crippen MR) is 81.7 cm³/mol. The van der Waals surface area contributed by atoms with Crippen molar-refractivity contribution < 1.29 is 4.79 Å². The van der Waals surface area contributed by atoms with Crippen molar-refractivity contribution in [1.29, 1.82) is 0 Å². The van der Waals surface area contributed by atoms with Crippen molar-refractivity contribution in [2.75, 3.05) is 24.3 Å². The summed E-state index contributed by atoms with van der Waals surface area (Å²) in [6, 6.07) is 7.64. The van der Waals surface area contributed by atoms with E-state index in [2.05, 4.69) is 15.3 Å². The van der Waals surface area contributed by atoms with E-state index in [1.165, 1.54) is 0 Å². The number of amides is 1. The monoisotopic (exact) mass is 281 g/mol. The number of pyridine rings is 1. The molecule has 0 saturated heterocycles. The number of fused-ring (bicyclic) bond motifs is 1. The summed E-state index contributed by atoms with van der Waals surface area (Å²) < 4.78 is 1.90. The van der Waals surface area contributed by atoms with Crippen molar-refractivity contribution in [3.63, 3.8) is 0 Å². The van der Waals surface area contributed by atoms with Gasteiger partial charge in [0, 0.05) is 32.0 Å². The third-order valence-electron chi connectivity index (χ3n) is 3.06. The molecule has 106 valence electrons. The van der Waals surface area contributed by atoms with Crippen LogP contribution in [0, 0.1) is 0 Å². The topological polar surface area (TPSA) is 62.5 Å². The molecule has 0 unspecified atom stereocenters. The van der Waals surface area contributed by atoms with Crippen LogP contribution in [0.3, 0.4) is 0 Å². The summed E-state index contributed by atoms with van der Waals surface area (Å²) in [6.07, 6.45) is 6.88. The normalized spacial score (nSPS) is 10.6. The van der Waals surface area contributed by atoms with Gasteiger partial charge in [-0.3, -0.25) is 4.79 Å². The third kappa shape index (κ3) is 2.69. The molecule has 0 bridgehead atoms. The summed E-state index contributed by atoms with van der Waals surface area (Å²) in [7, 11) is 3.72. The first-order chi connectivity index (χ1) is 10.1. The standard InChI is InChI=1S/C15H15N5O/c1-19(2)15-16-8-12(9-17-15)18-14(21)11-7-13-5-3-4-6-20(13)10-11/h3-10H,1-2H3,(H,18,21). The minimum atomic E-state index is -0.181. The molecule has 0 aliphatic carbocycles. The van der Waals surface area contributed by atoms with Gasteiger partial charge in [-0.05, 0) is 18.2 Å². The fourth-order valence-electron chi connectivity index (χ4n) is 2.00. The van der Waals surface area contributed by atoms with E-state index < -0.39 is 0 Å². The van der Waals surface area contributed by atoms with Crippen molar-refractivity contribution in [1.82, 2.24) is 14.4 Å². The molecule has 0 aliphatic rings. The molecule has 3 aromatic rings. The van der Waals surface area contributed by atoms with Crippen molar-refractivity contribution in [3.05, 3.63) is 54.6 Å². The van der Waals surface area contributed by atoms with Crippen LogP contribution in [-0.2, 0) is 0 Å². The molecule has 3 aromatic heterocycles. The highest BCUT2D eigenvalue weighted by atomic mass is 16.1. The van der Waals surface area contributed by atoms with Gasteiger partial charge in [0.2, 0.25) is 5.95 Å². The average Bonchev–Trinajstić information content (AvgIpc) is 2.92. The Balaban J connectivity index is 1.79. The lowest BCUT2D eigenvalue weighted by atomic mass is 10.3. The van der Waals surface area contributed by atoms with E-state index in [0.29, 0.717) is 17.2 Å². The van der Waals surface area contributed by atoms with Crippen LogP contribution in [0.25, 0.3) is 5.52 Å². The maximum atomic E-state index is 12.2. The molecule has 3 heterocycles. The number of rotatable bonds is 3. The SMILES string of the molecule is CN(C)c1ncc(NC(=O)c2cc3ccccn3c2)cn1. The van der Waals surface area contributed by atoms with E-state index in [1.807, 2.05) is 49.0 Å². The first-order valence-corrected chi connectivity index (χ1v) is 6.51. The summed E-state index contributed by atoms with van der Waals surface area (Å²) in [5.41, 5.74) is 2.14. The molecule has 0 fully saturated rings. The Morgan fingerprint density at radius 1 is 1.24 bits per heavy atom. The number of hydrogen-bond donors (Lipinski definition) is 1. The van der Waals surface area contributed by atoms with Gasteiger partial charge in [0.15, 0.2) is 0 Å². The summed E-state index contributed by atoms with van der Waals surface area (Å²) in [5.74, 6) is 0.419. The molecule has 0 aromatic carbocycles. The average molecular weight is 281 g/mol. The second kappa shape index (κ2) is 5.24. The largest absolute Gasteiger partial charge is 0.347 e. The Labute approximate surface area is 122 Å². The molecule has 6 heteroatoms. The zero-order chi connectivity index (χ0) is 14.8. The highest BCUT2D eigenvalue weighted by molar-refractivity contribution is 6.05.